The van der Waals surface area contributed by atoms with Crippen molar-refractivity contribution in [1.82, 2.24) is 20.2 Å². The Hall–Kier alpha value is -2.74. The van der Waals surface area contributed by atoms with Gasteiger partial charge in [0.1, 0.15) is 16.2 Å². The summed E-state index contributed by atoms with van der Waals surface area (Å²) in [5.74, 6) is -0.275. The number of fused-ring (bicyclic) bond motifs is 1. The second-order valence-corrected chi connectivity index (χ2v) is 7.39. The summed E-state index contributed by atoms with van der Waals surface area (Å²) in [7, 11) is 0. The molecule has 140 valence electrons. The smallest absolute Gasteiger partial charge is 0.317 e. The maximum atomic E-state index is 13.0. The molecule has 1 aliphatic heterocycles. The number of pyridine rings is 1. The number of aromatic nitrogens is 2. The lowest BCUT2D eigenvalue weighted by atomic mass is 10.2. The SMILES string of the molecule is O=C(NCc1ccc(F)cc1)N1CCCN(c2nc3cccnc3s2)CC1. The number of benzene rings is 1. The Morgan fingerprint density at radius 2 is 2.00 bits per heavy atom. The van der Waals surface area contributed by atoms with Crippen molar-refractivity contribution in [3.8, 4) is 0 Å². The number of thiazole rings is 1. The monoisotopic (exact) mass is 385 g/mol. The van der Waals surface area contributed by atoms with Gasteiger partial charge in [0.25, 0.3) is 0 Å². The number of nitrogens with zero attached hydrogens (tertiary/aromatic N) is 4. The van der Waals surface area contributed by atoms with E-state index in [0.717, 1.165) is 40.6 Å². The first-order valence-electron chi connectivity index (χ1n) is 8.93. The first kappa shape index (κ1) is 17.7. The van der Waals surface area contributed by atoms with Crippen molar-refractivity contribution < 1.29 is 9.18 Å². The van der Waals surface area contributed by atoms with Crippen LogP contribution in [0, 0.1) is 5.82 Å². The lowest BCUT2D eigenvalue weighted by Crippen LogP contribution is -2.41. The van der Waals surface area contributed by atoms with Crippen molar-refractivity contribution in [2.24, 2.45) is 0 Å². The molecule has 0 radical (unpaired) electrons. The molecule has 0 unspecified atom stereocenters. The van der Waals surface area contributed by atoms with Crippen molar-refractivity contribution >= 4 is 32.8 Å². The van der Waals surface area contributed by atoms with Crippen LogP contribution in [-0.2, 0) is 6.54 Å². The highest BCUT2D eigenvalue weighted by atomic mass is 32.1. The molecule has 2 amide bonds. The summed E-state index contributed by atoms with van der Waals surface area (Å²) in [6, 6.07) is 9.93. The number of amides is 2. The summed E-state index contributed by atoms with van der Waals surface area (Å²) in [4.78, 5) is 26.5. The zero-order valence-corrected chi connectivity index (χ0v) is 15.6. The van der Waals surface area contributed by atoms with Crippen LogP contribution in [0.15, 0.2) is 42.6 Å². The van der Waals surface area contributed by atoms with E-state index >= 15 is 0 Å². The van der Waals surface area contributed by atoms with E-state index in [1.807, 2.05) is 17.0 Å². The van der Waals surface area contributed by atoms with E-state index < -0.39 is 0 Å². The van der Waals surface area contributed by atoms with Gasteiger partial charge in [-0.3, -0.25) is 0 Å². The number of hydrogen-bond acceptors (Lipinski definition) is 5. The molecule has 27 heavy (non-hydrogen) atoms. The summed E-state index contributed by atoms with van der Waals surface area (Å²) in [5, 5.41) is 3.87. The quantitative estimate of drug-likeness (QED) is 0.752. The van der Waals surface area contributed by atoms with Crippen LogP contribution in [0.2, 0.25) is 0 Å². The number of carbonyl (C=O) groups excluding carboxylic acids is 1. The highest BCUT2D eigenvalue weighted by Crippen LogP contribution is 2.27. The van der Waals surface area contributed by atoms with Gasteiger partial charge in [0, 0.05) is 38.9 Å². The first-order chi connectivity index (χ1) is 13.2. The molecule has 1 N–H and O–H groups in total. The molecule has 0 saturated carbocycles. The molecule has 1 aromatic carbocycles. The van der Waals surface area contributed by atoms with E-state index in [1.54, 1.807) is 29.7 Å². The van der Waals surface area contributed by atoms with Crippen LogP contribution in [0.3, 0.4) is 0 Å². The molecule has 6 nitrogen and oxygen atoms in total. The van der Waals surface area contributed by atoms with Crippen LogP contribution in [0.5, 0.6) is 0 Å². The van der Waals surface area contributed by atoms with Crippen LogP contribution in [0.25, 0.3) is 10.3 Å². The largest absolute Gasteiger partial charge is 0.346 e. The van der Waals surface area contributed by atoms with Gasteiger partial charge in [-0.2, -0.15) is 0 Å². The van der Waals surface area contributed by atoms with Gasteiger partial charge >= 0.3 is 6.03 Å². The molecular formula is C19H20FN5OS. The number of urea groups is 1. The first-order valence-corrected chi connectivity index (χ1v) is 9.74. The Morgan fingerprint density at radius 3 is 2.81 bits per heavy atom. The van der Waals surface area contributed by atoms with Crippen molar-refractivity contribution in [2.45, 2.75) is 13.0 Å². The topological polar surface area (TPSA) is 61.4 Å². The molecule has 0 spiro atoms. The molecule has 1 fully saturated rings. The van der Waals surface area contributed by atoms with Crippen LogP contribution in [0.1, 0.15) is 12.0 Å². The summed E-state index contributed by atoms with van der Waals surface area (Å²) >= 11 is 1.59. The third kappa shape index (κ3) is 4.16. The van der Waals surface area contributed by atoms with Crippen LogP contribution in [-0.4, -0.2) is 47.1 Å². The van der Waals surface area contributed by atoms with Gasteiger partial charge < -0.3 is 15.1 Å². The Kier molecular flexibility index (Phi) is 5.15. The highest BCUT2D eigenvalue weighted by Gasteiger charge is 2.21. The fraction of sp³-hybridized carbons (Fsp3) is 0.316. The maximum absolute atomic E-state index is 13.0. The van der Waals surface area contributed by atoms with Crippen LogP contribution in [0.4, 0.5) is 14.3 Å². The van der Waals surface area contributed by atoms with Gasteiger partial charge in [-0.1, -0.05) is 23.5 Å². The predicted molar refractivity (Wildman–Crippen MR) is 104 cm³/mol. The molecule has 2 aromatic heterocycles. The Bertz CT molecular complexity index is 896. The number of nitrogens with one attached hydrogen (secondary N) is 1. The van der Waals surface area contributed by atoms with Crippen molar-refractivity contribution in [1.29, 1.82) is 0 Å². The summed E-state index contributed by atoms with van der Waals surface area (Å²) in [5.41, 5.74) is 1.79. The highest BCUT2D eigenvalue weighted by molar-refractivity contribution is 7.21. The number of rotatable bonds is 3. The molecule has 8 heteroatoms. The van der Waals surface area contributed by atoms with Gasteiger partial charge in [-0.05, 0) is 36.2 Å². The minimum atomic E-state index is -0.275. The molecular weight excluding hydrogens is 365 g/mol. The molecule has 0 atom stereocenters. The molecule has 0 aliphatic carbocycles. The van der Waals surface area contributed by atoms with E-state index in [2.05, 4.69) is 20.2 Å². The van der Waals surface area contributed by atoms with E-state index in [1.165, 1.54) is 12.1 Å². The average Bonchev–Trinajstić information content (AvgIpc) is 2.96. The summed E-state index contributed by atoms with van der Waals surface area (Å²) in [6.07, 6.45) is 2.66. The number of hydrogen-bond donors (Lipinski definition) is 1. The van der Waals surface area contributed by atoms with Gasteiger partial charge in [-0.25, -0.2) is 19.2 Å². The maximum Gasteiger partial charge on any atom is 0.317 e. The van der Waals surface area contributed by atoms with Crippen molar-refractivity contribution in [2.75, 3.05) is 31.1 Å². The Morgan fingerprint density at radius 1 is 1.15 bits per heavy atom. The average molecular weight is 385 g/mol. The third-order valence-corrected chi connectivity index (χ3v) is 5.61. The standard InChI is InChI=1S/C19H20FN5OS/c20-15-6-4-14(5-7-15)13-22-18(26)24-9-2-10-25(12-11-24)19-23-16-3-1-8-21-17(16)27-19/h1,3-8H,2,9-13H2,(H,22,26). The lowest BCUT2D eigenvalue weighted by molar-refractivity contribution is 0.201. The molecule has 3 heterocycles. The molecule has 3 aromatic rings. The van der Waals surface area contributed by atoms with Gasteiger partial charge in [0.05, 0.1) is 0 Å². The number of anilines is 1. The third-order valence-electron chi connectivity index (χ3n) is 4.57. The zero-order chi connectivity index (χ0) is 18.6. The van der Waals surface area contributed by atoms with E-state index in [9.17, 15) is 9.18 Å². The second-order valence-electron chi connectivity index (χ2n) is 6.44. The molecule has 4 rings (SSSR count). The Balaban J connectivity index is 1.34. The van der Waals surface area contributed by atoms with Gasteiger partial charge in [0.15, 0.2) is 5.13 Å². The number of carbonyl (C=O) groups is 1. The van der Waals surface area contributed by atoms with Crippen molar-refractivity contribution in [3.63, 3.8) is 0 Å². The fourth-order valence-corrected chi connectivity index (χ4v) is 4.06. The van der Waals surface area contributed by atoms with E-state index in [0.29, 0.717) is 19.6 Å². The zero-order valence-electron chi connectivity index (χ0n) is 14.8. The predicted octanol–water partition coefficient (Wildman–Crippen LogP) is 3.25. The summed E-state index contributed by atoms with van der Waals surface area (Å²) < 4.78 is 13.0. The van der Waals surface area contributed by atoms with Crippen LogP contribution >= 0.6 is 11.3 Å². The molecule has 0 bridgehead atoms. The normalized spacial score (nSPS) is 15.0. The van der Waals surface area contributed by atoms with E-state index in [-0.39, 0.29) is 11.8 Å². The minimum Gasteiger partial charge on any atom is -0.346 e. The molecule has 1 saturated heterocycles. The van der Waals surface area contributed by atoms with E-state index in [4.69, 9.17) is 0 Å². The number of halogens is 1. The van der Waals surface area contributed by atoms with Crippen LogP contribution < -0.4 is 10.2 Å². The Labute approximate surface area is 160 Å². The van der Waals surface area contributed by atoms with Gasteiger partial charge in [0.2, 0.25) is 0 Å². The molecule has 1 aliphatic rings. The fourth-order valence-electron chi connectivity index (χ4n) is 3.10. The minimum absolute atomic E-state index is 0.0906. The summed E-state index contributed by atoms with van der Waals surface area (Å²) in [6.45, 7) is 3.34. The second kappa shape index (κ2) is 7.87. The van der Waals surface area contributed by atoms with Crippen molar-refractivity contribution in [3.05, 3.63) is 54.0 Å². The van der Waals surface area contributed by atoms with Gasteiger partial charge in [-0.15, -0.1) is 0 Å². The lowest BCUT2D eigenvalue weighted by Gasteiger charge is -2.22.